The smallest absolute Gasteiger partial charge is 0.372 e. The summed E-state index contributed by atoms with van der Waals surface area (Å²) in [7, 11) is -6.70. The molecule has 262 valence electrons. The standard InChI is InChI=1S/C33H65NO7SSi3/c1-22(20-25(35)28(36)37)27-33(23(2)41-45(16,17)32(9,10)11,29(38)34(27)43(12,13)30(3,4)5)42-26-19-18-24(40-26)21-39-44(14,15)31(6,7)8/h22-24,26-27H,18-21H2,1-17H3,(H,36,37). The second kappa shape index (κ2) is 13.4. The van der Waals surface area contributed by atoms with Gasteiger partial charge in [0, 0.05) is 6.42 Å². The zero-order valence-electron chi connectivity index (χ0n) is 31.5. The third-order valence-corrected chi connectivity index (χ3v) is 27.9. The van der Waals surface area contributed by atoms with E-state index in [-0.39, 0.29) is 50.9 Å². The number of hydrogen-bond acceptors (Lipinski definition) is 7. The van der Waals surface area contributed by atoms with Crippen LogP contribution < -0.4 is 0 Å². The first-order valence-electron chi connectivity index (χ1n) is 16.7. The van der Waals surface area contributed by atoms with Crippen molar-refractivity contribution in [2.75, 3.05) is 6.61 Å². The zero-order valence-corrected chi connectivity index (χ0v) is 35.3. The molecule has 0 radical (unpaired) electrons. The molecule has 1 amide bonds. The first kappa shape index (κ1) is 40.7. The second-order valence-corrected chi connectivity index (χ2v) is 34.2. The number of carboxylic acid groups (broad SMARTS) is 1. The van der Waals surface area contributed by atoms with Crippen LogP contribution in [0.5, 0.6) is 0 Å². The van der Waals surface area contributed by atoms with Gasteiger partial charge in [0.15, 0.2) is 24.9 Å². The zero-order chi connectivity index (χ0) is 35.4. The highest BCUT2D eigenvalue weighted by atomic mass is 32.2. The second-order valence-electron chi connectivity index (χ2n) is 18.1. The summed E-state index contributed by atoms with van der Waals surface area (Å²) in [6, 6.07) is -0.370. The minimum atomic E-state index is -2.43. The van der Waals surface area contributed by atoms with Gasteiger partial charge in [0.05, 0.1) is 24.9 Å². The van der Waals surface area contributed by atoms with E-state index in [1.54, 1.807) is 11.8 Å². The number of rotatable bonds is 13. The van der Waals surface area contributed by atoms with Gasteiger partial charge in [0.1, 0.15) is 10.2 Å². The van der Waals surface area contributed by atoms with Crippen LogP contribution in [0.25, 0.3) is 0 Å². The third-order valence-electron chi connectivity index (χ3n) is 11.7. The molecule has 12 heteroatoms. The van der Waals surface area contributed by atoms with Gasteiger partial charge in [-0.05, 0) is 67.0 Å². The lowest BCUT2D eigenvalue weighted by molar-refractivity contribution is -0.155. The van der Waals surface area contributed by atoms with E-state index in [0.717, 1.165) is 12.8 Å². The lowest BCUT2D eigenvalue weighted by Gasteiger charge is -2.67. The minimum Gasteiger partial charge on any atom is -0.476 e. The van der Waals surface area contributed by atoms with Gasteiger partial charge in [-0.3, -0.25) is 9.59 Å². The number of thioether (sulfide) groups is 1. The predicted octanol–water partition coefficient (Wildman–Crippen LogP) is 8.29. The number of hydrogen-bond donors (Lipinski definition) is 1. The molecule has 2 rings (SSSR count). The number of nitrogens with zero attached hydrogens (tertiary/aromatic N) is 1. The molecule has 0 spiro atoms. The van der Waals surface area contributed by atoms with E-state index >= 15 is 0 Å². The third kappa shape index (κ3) is 8.21. The van der Waals surface area contributed by atoms with Crippen molar-refractivity contribution in [1.29, 1.82) is 0 Å². The van der Waals surface area contributed by atoms with Crippen molar-refractivity contribution >= 4 is 54.3 Å². The Kier molecular flexibility index (Phi) is 12.1. The molecule has 6 unspecified atom stereocenters. The number of ether oxygens (including phenoxy) is 1. The Morgan fingerprint density at radius 3 is 1.89 bits per heavy atom. The summed E-state index contributed by atoms with van der Waals surface area (Å²) in [6.45, 7) is 37.6. The van der Waals surface area contributed by atoms with Gasteiger partial charge >= 0.3 is 5.97 Å². The average Bonchev–Trinajstić information content (AvgIpc) is 3.28. The van der Waals surface area contributed by atoms with Gasteiger partial charge in [-0.15, -0.1) is 11.8 Å². The molecular formula is C33H65NO7SSi3. The van der Waals surface area contributed by atoms with Crippen molar-refractivity contribution in [3.05, 3.63) is 0 Å². The normalized spacial score (nSPS) is 26.9. The van der Waals surface area contributed by atoms with Gasteiger partial charge in [-0.25, -0.2) is 4.79 Å². The Morgan fingerprint density at radius 2 is 1.44 bits per heavy atom. The van der Waals surface area contributed by atoms with Gasteiger partial charge in [0.2, 0.25) is 11.7 Å². The molecule has 0 aromatic rings. The van der Waals surface area contributed by atoms with E-state index < -0.39 is 47.5 Å². The molecule has 2 fully saturated rings. The molecule has 2 aliphatic rings. The molecule has 2 aliphatic heterocycles. The van der Waals surface area contributed by atoms with E-state index in [4.69, 9.17) is 13.6 Å². The van der Waals surface area contributed by atoms with Crippen LogP contribution in [0, 0.1) is 5.92 Å². The van der Waals surface area contributed by atoms with Crippen molar-refractivity contribution < 1.29 is 33.1 Å². The molecule has 2 heterocycles. The van der Waals surface area contributed by atoms with Crippen LogP contribution in [0.15, 0.2) is 0 Å². The fourth-order valence-electron chi connectivity index (χ4n) is 5.65. The molecule has 0 aromatic carbocycles. The monoisotopic (exact) mass is 703 g/mol. The van der Waals surface area contributed by atoms with Crippen molar-refractivity contribution in [3.8, 4) is 0 Å². The molecule has 2 saturated heterocycles. The van der Waals surface area contributed by atoms with E-state index in [0.29, 0.717) is 6.61 Å². The summed E-state index contributed by atoms with van der Waals surface area (Å²) in [6.07, 6.45) is 0.976. The average molecular weight is 704 g/mol. The summed E-state index contributed by atoms with van der Waals surface area (Å²) in [5.41, 5.74) is -0.237. The van der Waals surface area contributed by atoms with Crippen LogP contribution in [-0.2, 0) is 28.0 Å². The maximum absolute atomic E-state index is 14.9. The topological polar surface area (TPSA) is 102 Å². The number of carboxylic acids is 1. The Labute approximate surface area is 281 Å². The maximum Gasteiger partial charge on any atom is 0.372 e. The summed E-state index contributed by atoms with van der Waals surface area (Å²) in [5.74, 6) is -2.60. The SMILES string of the molecule is CC(CC(=O)C(=O)O)C1N([Si](C)(C)C(C)(C)C)C(=O)C1(SC1CCC(CO[Si](C)(C)C(C)(C)C)O1)C(C)O[Si](C)(C)C(C)(C)C. The quantitative estimate of drug-likeness (QED) is 0.116. The Hall–Kier alpha value is -0.509. The number of ketones is 1. The number of carbonyl (C=O) groups excluding carboxylic acids is 2. The molecule has 1 N–H and O–H groups in total. The van der Waals surface area contributed by atoms with Gasteiger partial charge in [-0.2, -0.15) is 0 Å². The number of aliphatic carboxylic acids is 1. The molecule has 45 heavy (non-hydrogen) atoms. The molecule has 8 nitrogen and oxygen atoms in total. The van der Waals surface area contributed by atoms with Crippen molar-refractivity contribution in [1.82, 2.24) is 4.57 Å². The largest absolute Gasteiger partial charge is 0.476 e. The van der Waals surface area contributed by atoms with E-state index in [9.17, 15) is 19.5 Å². The van der Waals surface area contributed by atoms with Crippen LogP contribution in [0.4, 0.5) is 0 Å². The Bertz CT molecular complexity index is 1110. The fourth-order valence-corrected chi connectivity index (χ4v) is 12.8. The van der Waals surface area contributed by atoms with Gasteiger partial charge < -0.3 is 23.3 Å². The first-order valence-corrected chi connectivity index (χ1v) is 26.3. The Morgan fingerprint density at radius 1 is 0.933 bits per heavy atom. The van der Waals surface area contributed by atoms with Crippen LogP contribution in [-0.4, -0.2) is 87.2 Å². The van der Waals surface area contributed by atoms with Crippen LogP contribution >= 0.6 is 11.8 Å². The van der Waals surface area contributed by atoms with Crippen molar-refractivity contribution in [2.24, 2.45) is 5.92 Å². The fraction of sp³-hybridized carbons (Fsp3) is 0.909. The van der Waals surface area contributed by atoms with Gasteiger partial charge in [-0.1, -0.05) is 82.3 Å². The summed E-state index contributed by atoms with van der Waals surface area (Å²) >= 11 is 1.56. The lowest BCUT2D eigenvalue weighted by Crippen LogP contribution is -2.84. The predicted molar refractivity (Wildman–Crippen MR) is 193 cm³/mol. The van der Waals surface area contributed by atoms with Crippen LogP contribution in [0.1, 0.15) is 95.4 Å². The minimum absolute atomic E-state index is 0.0366. The highest BCUT2D eigenvalue weighted by Crippen LogP contribution is 2.58. The molecule has 0 aromatic heterocycles. The number of Topliss-reactive ketones (excluding diaryl/α,β-unsaturated/α-hetero) is 1. The molecular weight excluding hydrogens is 639 g/mol. The van der Waals surface area contributed by atoms with Gasteiger partial charge in [0.25, 0.3) is 0 Å². The number of β-lactam (4-membered cyclic amide) rings is 1. The van der Waals surface area contributed by atoms with E-state index in [2.05, 4.69) is 106 Å². The van der Waals surface area contributed by atoms with Crippen molar-refractivity contribution in [2.45, 2.75) is 178 Å². The molecule has 0 aliphatic carbocycles. The summed E-state index contributed by atoms with van der Waals surface area (Å²) < 4.78 is 21.2. The first-order chi connectivity index (χ1) is 19.9. The van der Waals surface area contributed by atoms with Crippen molar-refractivity contribution in [3.63, 3.8) is 0 Å². The summed E-state index contributed by atoms with van der Waals surface area (Å²) in [5, 5.41) is 9.42. The molecule has 0 bridgehead atoms. The highest BCUT2D eigenvalue weighted by Gasteiger charge is 2.71. The number of amides is 1. The van der Waals surface area contributed by atoms with E-state index in [1.165, 1.54) is 0 Å². The summed E-state index contributed by atoms with van der Waals surface area (Å²) in [4.78, 5) is 39.2. The lowest BCUT2D eigenvalue weighted by atomic mass is 9.76. The maximum atomic E-state index is 14.9. The Balaban J connectivity index is 2.58. The van der Waals surface area contributed by atoms with E-state index in [1.807, 2.05) is 13.8 Å². The van der Waals surface area contributed by atoms with Crippen LogP contribution in [0.3, 0.4) is 0 Å². The highest BCUT2D eigenvalue weighted by molar-refractivity contribution is 8.02. The number of carbonyl (C=O) groups is 3. The molecule has 0 saturated carbocycles. The van der Waals surface area contributed by atoms with Crippen LogP contribution in [0.2, 0.25) is 54.4 Å². The molecule has 6 atom stereocenters.